The number of nitrogens with one attached hydrogen (secondary N) is 2. The Morgan fingerprint density at radius 2 is 1.20 bits per heavy atom. The van der Waals surface area contributed by atoms with Crippen molar-refractivity contribution in [3.8, 4) is 22.3 Å². The molecule has 0 amide bonds. The van der Waals surface area contributed by atoms with Crippen LogP contribution in [-0.4, -0.2) is 11.4 Å². The summed E-state index contributed by atoms with van der Waals surface area (Å²) in [5.41, 5.74) is 17.6. The van der Waals surface area contributed by atoms with Gasteiger partial charge in [0.15, 0.2) is 0 Å². The standard InChI is InChI=1S/C47H36N4/c1-47(2)42-16-10-9-15-39(42)40-27-26-38(30-43(40)47)51(36-23-19-32(20-24-36)31-11-5-3-6-12-31)37-25-21-33-17-18-34-22-28-44(46(48)45(34)41(33)29-37)50-49-35-13-7-4-8-14-35/h3-30,48-49H,1-2H3/b48-46?,50-44-. The molecule has 0 aliphatic heterocycles. The van der Waals surface area contributed by atoms with Crippen LogP contribution in [-0.2, 0) is 5.41 Å². The molecule has 0 saturated heterocycles. The maximum absolute atomic E-state index is 9.34. The lowest BCUT2D eigenvalue weighted by Crippen LogP contribution is -2.19. The molecule has 2 N–H and O–H groups in total. The fourth-order valence-corrected chi connectivity index (χ4v) is 7.70. The molecule has 0 aromatic heterocycles. The van der Waals surface area contributed by atoms with Gasteiger partial charge in [-0.05, 0) is 104 Å². The Kier molecular flexibility index (Phi) is 7.25. The molecule has 9 rings (SSSR count). The summed E-state index contributed by atoms with van der Waals surface area (Å²) in [5, 5.41) is 16.1. The van der Waals surface area contributed by atoms with Crippen LogP contribution in [0.1, 0.15) is 36.1 Å². The molecule has 51 heavy (non-hydrogen) atoms. The van der Waals surface area contributed by atoms with Crippen LogP contribution >= 0.6 is 0 Å². The molecule has 0 radical (unpaired) electrons. The van der Waals surface area contributed by atoms with Gasteiger partial charge < -0.3 is 4.90 Å². The van der Waals surface area contributed by atoms with Crippen molar-refractivity contribution in [1.82, 2.24) is 0 Å². The highest BCUT2D eigenvalue weighted by Gasteiger charge is 2.35. The summed E-state index contributed by atoms with van der Waals surface area (Å²) in [6.45, 7) is 4.65. The monoisotopic (exact) mass is 656 g/mol. The number of rotatable bonds is 6. The Morgan fingerprint density at radius 1 is 0.569 bits per heavy atom. The molecule has 7 aromatic rings. The van der Waals surface area contributed by atoms with E-state index in [-0.39, 0.29) is 5.41 Å². The molecule has 0 atom stereocenters. The van der Waals surface area contributed by atoms with Crippen LogP contribution in [0.2, 0.25) is 0 Å². The number of fused-ring (bicyclic) bond motifs is 6. The van der Waals surface area contributed by atoms with E-state index in [0.717, 1.165) is 44.6 Å². The van der Waals surface area contributed by atoms with Crippen molar-refractivity contribution >= 4 is 51.0 Å². The minimum Gasteiger partial charge on any atom is -0.310 e. The number of hydrogen-bond acceptors (Lipinski definition) is 4. The first-order chi connectivity index (χ1) is 25.0. The van der Waals surface area contributed by atoms with Crippen LogP contribution in [0.15, 0.2) is 169 Å². The molecule has 4 nitrogen and oxygen atoms in total. The van der Waals surface area contributed by atoms with Crippen LogP contribution in [0.5, 0.6) is 0 Å². The van der Waals surface area contributed by atoms with Gasteiger partial charge >= 0.3 is 0 Å². The largest absolute Gasteiger partial charge is 0.310 e. The fraction of sp³-hybridized carbons (Fsp3) is 0.0638. The SMILES string of the molecule is CC1(C)c2ccccc2-c2ccc(N(c3ccc(-c4ccccc4)cc3)c3ccc4ccc5c(c4c3)C(=N)/C(=N\Nc3ccccc3)C=C5)cc21. The van der Waals surface area contributed by atoms with Gasteiger partial charge in [-0.1, -0.05) is 129 Å². The minimum absolute atomic E-state index is 0.127. The highest BCUT2D eigenvalue weighted by molar-refractivity contribution is 6.55. The predicted octanol–water partition coefficient (Wildman–Crippen LogP) is 12.1. The lowest BCUT2D eigenvalue weighted by Gasteiger charge is -2.29. The van der Waals surface area contributed by atoms with E-state index < -0.39 is 0 Å². The molecular weight excluding hydrogens is 621 g/mol. The normalized spacial score (nSPS) is 14.6. The number of nitrogens with zero attached hydrogens (tertiary/aromatic N) is 2. The van der Waals surface area contributed by atoms with Crippen molar-refractivity contribution in [1.29, 1.82) is 5.41 Å². The van der Waals surface area contributed by atoms with E-state index in [1.54, 1.807) is 0 Å². The van der Waals surface area contributed by atoms with Gasteiger partial charge in [-0.3, -0.25) is 10.8 Å². The highest BCUT2D eigenvalue weighted by atomic mass is 15.3. The zero-order valence-electron chi connectivity index (χ0n) is 28.6. The second-order valence-corrected chi connectivity index (χ2v) is 13.8. The fourth-order valence-electron chi connectivity index (χ4n) is 7.70. The summed E-state index contributed by atoms with van der Waals surface area (Å²) in [5.74, 6) is 0. The molecule has 4 heteroatoms. The first kappa shape index (κ1) is 30.5. The third-order valence-electron chi connectivity index (χ3n) is 10.4. The topological polar surface area (TPSA) is 51.5 Å². The van der Waals surface area contributed by atoms with Crippen LogP contribution in [0.4, 0.5) is 22.7 Å². The van der Waals surface area contributed by atoms with E-state index in [9.17, 15) is 5.41 Å². The van der Waals surface area contributed by atoms with Crippen molar-refractivity contribution < 1.29 is 0 Å². The van der Waals surface area contributed by atoms with Gasteiger partial charge in [0.05, 0.1) is 11.4 Å². The van der Waals surface area contributed by atoms with E-state index in [0.29, 0.717) is 11.4 Å². The molecule has 0 spiro atoms. The number of allylic oxidation sites excluding steroid dienone is 1. The first-order valence-corrected chi connectivity index (χ1v) is 17.4. The first-order valence-electron chi connectivity index (χ1n) is 17.4. The van der Waals surface area contributed by atoms with Gasteiger partial charge in [-0.15, -0.1) is 0 Å². The molecule has 244 valence electrons. The van der Waals surface area contributed by atoms with Crippen LogP contribution in [0.25, 0.3) is 39.1 Å². The number of hydrogen-bond donors (Lipinski definition) is 2. The van der Waals surface area contributed by atoms with Gasteiger partial charge in [-0.2, -0.15) is 5.10 Å². The lowest BCUT2D eigenvalue weighted by molar-refractivity contribution is 0.660. The molecule has 7 aromatic carbocycles. The molecule has 0 heterocycles. The molecule has 0 saturated carbocycles. The zero-order valence-corrected chi connectivity index (χ0v) is 28.6. The Hall–Kier alpha value is -6.52. The number of para-hydroxylation sites is 1. The van der Waals surface area contributed by atoms with Gasteiger partial charge in [0.1, 0.15) is 5.71 Å². The van der Waals surface area contributed by atoms with Gasteiger partial charge in [0.25, 0.3) is 0 Å². The van der Waals surface area contributed by atoms with Gasteiger partial charge in [-0.25, -0.2) is 0 Å². The number of hydrazone groups is 1. The summed E-state index contributed by atoms with van der Waals surface area (Å²) in [6, 6.07) is 55.7. The summed E-state index contributed by atoms with van der Waals surface area (Å²) in [4.78, 5) is 2.35. The van der Waals surface area contributed by atoms with E-state index in [4.69, 9.17) is 0 Å². The number of benzene rings is 7. The highest BCUT2D eigenvalue weighted by Crippen LogP contribution is 2.50. The Morgan fingerprint density at radius 3 is 2.00 bits per heavy atom. The molecule has 0 bridgehead atoms. The van der Waals surface area contributed by atoms with Crippen molar-refractivity contribution in [3.05, 3.63) is 186 Å². The lowest BCUT2D eigenvalue weighted by atomic mass is 9.82. The van der Waals surface area contributed by atoms with Crippen LogP contribution < -0.4 is 10.3 Å². The second kappa shape index (κ2) is 12.1. The third kappa shape index (κ3) is 5.24. The molecule has 0 fully saturated rings. The van der Waals surface area contributed by atoms with Crippen molar-refractivity contribution in [2.24, 2.45) is 5.10 Å². The van der Waals surface area contributed by atoms with Gasteiger partial charge in [0.2, 0.25) is 0 Å². The minimum atomic E-state index is -0.127. The smallest absolute Gasteiger partial charge is 0.109 e. The van der Waals surface area contributed by atoms with Gasteiger partial charge in [0, 0.05) is 28.0 Å². The summed E-state index contributed by atoms with van der Waals surface area (Å²) >= 11 is 0. The Balaban J connectivity index is 1.18. The van der Waals surface area contributed by atoms with Crippen LogP contribution in [0, 0.1) is 5.41 Å². The van der Waals surface area contributed by atoms with Crippen molar-refractivity contribution in [2.75, 3.05) is 10.3 Å². The number of anilines is 4. The predicted molar refractivity (Wildman–Crippen MR) is 215 cm³/mol. The zero-order chi connectivity index (χ0) is 34.5. The second-order valence-electron chi connectivity index (χ2n) is 13.8. The van der Waals surface area contributed by atoms with Crippen molar-refractivity contribution in [2.45, 2.75) is 19.3 Å². The van der Waals surface area contributed by atoms with Crippen molar-refractivity contribution in [3.63, 3.8) is 0 Å². The summed E-state index contributed by atoms with van der Waals surface area (Å²) < 4.78 is 0. The average Bonchev–Trinajstić information content (AvgIpc) is 3.41. The van der Waals surface area contributed by atoms with E-state index >= 15 is 0 Å². The Labute approximate surface area is 298 Å². The quantitative estimate of drug-likeness (QED) is 0.175. The molecule has 2 aliphatic carbocycles. The molecule has 2 aliphatic rings. The summed E-state index contributed by atoms with van der Waals surface area (Å²) in [6.07, 6.45) is 3.98. The Bertz CT molecular complexity index is 2530. The molecule has 0 unspecified atom stereocenters. The summed E-state index contributed by atoms with van der Waals surface area (Å²) in [7, 11) is 0. The van der Waals surface area contributed by atoms with Crippen LogP contribution in [0.3, 0.4) is 0 Å². The van der Waals surface area contributed by atoms with E-state index in [2.05, 4.69) is 163 Å². The maximum atomic E-state index is 9.34. The van der Waals surface area contributed by atoms with E-state index in [1.165, 1.54) is 33.4 Å². The maximum Gasteiger partial charge on any atom is 0.109 e. The average molecular weight is 657 g/mol. The van der Waals surface area contributed by atoms with E-state index in [1.807, 2.05) is 36.4 Å². The molecular formula is C47H36N4. The third-order valence-corrected chi connectivity index (χ3v) is 10.4.